The van der Waals surface area contributed by atoms with Gasteiger partial charge in [-0.05, 0) is 61.6 Å². The van der Waals surface area contributed by atoms with Crippen molar-refractivity contribution in [3.8, 4) is 5.75 Å². The molecule has 1 unspecified atom stereocenters. The van der Waals surface area contributed by atoms with E-state index >= 15 is 0 Å². The van der Waals surface area contributed by atoms with E-state index in [9.17, 15) is 0 Å². The fourth-order valence-electron chi connectivity index (χ4n) is 3.97. The molecule has 0 amide bonds. The third kappa shape index (κ3) is 3.18. The number of aryl methyl sites for hydroxylation is 1. The van der Waals surface area contributed by atoms with Crippen molar-refractivity contribution in [2.75, 3.05) is 11.9 Å². The number of rotatable bonds is 4. The lowest BCUT2D eigenvalue weighted by Crippen LogP contribution is -2.09. The second kappa shape index (κ2) is 7.07. The van der Waals surface area contributed by atoms with Crippen molar-refractivity contribution in [2.24, 2.45) is 0 Å². The van der Waals surface area contributed by atoms with Crippen molar-refractivity contribution in [3.63, 3.8) is 0 Å². The van der Waals surface area contributed by atoms with E-state index in [0.29, 0.717) is 6.61 Å². The maximum atomic E-state index is 6.14. The molecule has 3 nitrogen and oxygen atoms in total. The van der Waals surface area contributed by atoms with Crippen LogP contribution in [0.1, 0.15) is 45.0 Å². The zero-order valence-electron chi connectivity index (χ0n) is 16.5. The Morgan fingerprint density at radius 2 is 1.74 bits per heavy atom. The van der Waals surface area contributed by atoms with Crippen LogP contribution in [-0.4, -0.2) is 11.6 Å². The highest BCUT2D eigenvalue weighted by Crippen LogP contribution is 2.46. The first kappa shape index (κ1) is 17.6. The second-order valence-electron chi connectivity index (χ2n) is 7.46. The van der Waals surface area contributed by atoms with Gasteiger partial charge in [-0.3, -0.25) is 4.98 Å². The number of anilines is 1. The van der Waals surface area contributed by atoms with E-state index in [1.165, 1.54) is 39.1 Å². The Morgan fingerprint density at radius 3 is 2.44 bits per heavy atom. The summed E-state index contributed by atoms with van der Waals surface area (Å²) in [6, 6.07) is 14.8. The van der Waals surface area contributed by atoms with E-state index in [0.717, 1.165) is 18.0 Å². The molecule has 0 saturated carbocycles. The van der Waals surface area contributed by atoms with Crippen LogP contribution in [-0.2, 0) is 6.54 Å². The molecule has 138 valence electrons. The Labute approximate surface area is 161 Å². The number of benzene rings is 2. The normalized spacial score (nSPS) is 15.3. The fourth-order valence-corrected chi connectivity index (χ4v) is 3.97. The molecule has 27 heavy (non-hydrogen) atoms. The summed E-state index contributed by atoms with van der Waals surface area (Å²) in [4.78, 5) is 4.68. The van der Waals surface area contributed by atoms with E-state index in [1.807, 2.05) is 6.20 Å². The Kier molecular flexibility index (Phi) is 4.61. The summed E-state index contributed by atoms with van der Waals surface area (Å²) in [6.45, 7) is 10.1. The monoisotopic (exact) mass is 358 g/mol. The molecular formula is C24H26N2O. The van der Waals surface area contributed by atoms with Gasteiger partial charge in [0.2, 0.25) is 0 Å². The topological polar surface area (TPSA) is 34.1 Å². The second-order valence-corrected chi connectivity index (χ2v) is 7.46. The Balaban J connectivity index is 1.73. The Bertz CT molecular complexity index is 962. The molecule has 3 heteroatoms. The maximum absolute atomic E-state index is 6.14. The van der Waals surface area contributed by atoms with E-state index in [-0.39, 0.29) is 5.92 Å². The van der Waals surface area contributed by atoms with Gasteiger partial charge < -0.3 is 10.1 Å². The molecule has 1 aliphatic rings. The average molecular weight is 358 g/mol. The van der Waals surface area contributed by atoms with Crippen molar-refractivity contribution >= 4 is 5.69 Å². The number of fused-ring (bicyclic) bond motifs is 1. The highest BCUT2D eigenvalue weighted by Gasteiger charge is 2.32. The SMILES string of the molecule is Cc1ccc(C2COc3c(C)c(C)c(NCc4ccccc4)c(C)c32)nc1. The first-order chi connectivity index (χ1) is 13.1. The van der Waals surface area contributed by atoms with Crippen LogP contribution in [0.5, 0.6) is 5.75 Å². The summed E-state index contributed by atoms with van der Waals surface area (Å²) in [6.07, 6.45) is 1.94. The predicted octanol–water partition coefficient (Wildman–Crippen LogP) is 5.45. The number of nitrogens with zero attached hydrogens (tertiary/aromatic N) is 1. The summed E-state index contributed by atoms with van der Waals surface area (Å²) < 4.78 is 6.14. The van der Waals surface area contributed by atoms with Gasteiger partial charge in [0.1, 0.15) is 12.4 Å². The Hall–Kier alpha value is -2.81. The molecule has 1 aromatic heterocycles. The lowest BCUT2D eigenvalue weighted by molar-refractivity contribution is 0.339. The summed E-state index contributed by atoms with van der Waals surface area (Å²) in [5.41, 5.74) is 9.80. The van der Waals surface area contributed by atoms with Gasteiger partial charge in [0.05, 0.1) is 11.6 Å². The molecule has 0 saturated heterocycles. The highest BCUT2D eigenvalue weighted by atomic mass is 16.5. The number of ether oxygens (including phenoxy) is 1. The van der Waals surface area contributed by atoms with Crippen molar-refractivity contribution in [2.45, 2.75) is 40.2 Å². The molecule has 0 spiro atoms. The molecular weight excluding hydrogens is 332 g/mol. The van der Waals surface area contributed by atoms with Crippen molar-refractivity contribution in [1.29, 1.82) is 0 Å². The van der Waals surface area contributed by atoms with Gasteiger partial charge in [-0.1, -0.05) is 36.4 Å². The van der Waals surface area contributed by atoms with Crippen molar-refractivity contribution in [3.05, 3.63) is 87.7 Å². The third-order valence-corrected chi connectivity index (χ3v) is 5.65. The first-order valence-corrected chi connectivity index (χ1v) is 9.53. The van der Waals surface area contributed by atoms with Crippen LogP contribution >= 0.6 is 0 Å². The molecule has 4 rings (SSSR count). The van der Waals surface area contributed by atoms with Gasteiger partial charge >= 0.3 is 0 Å². The lowest BCUT2D eigenvalue weighted by atomic mass is 9.88. The molecule has 1 atom stereocenters. The summed E-state index contributed by atoms with van der Waals surface area (Å²) in [5.74, 6) is 1.24. The maximum Gasteiger partial charge on any atom is 0.126 e. The standard InChI is InChI=1S/C24H26N2O/c1-15-10-11-21(25-12-15)20-14-27-24-17(3)16(2)23(18(4)22(20)24)26-13-19-8-6-5-7-9-19/h5-12,20,26H,13-14H2,1-4H3. The van der Waals surface area contributed by atoms with E-state index in [1.54, 1.807) is 0 Å². The van der Waals surface area contributed by atoms with Crippen LogP contribution < -0.4 is 10.1 Å². The molecule has 3 aromatic rings. The molecule has 0 aliphatic carbocycles. The number of aromatic nitrogens is 1. The number of pyridine rings is 1. The van der Waals surface area contributed by atoms with Gasteiger partial charge in [-0.2, -0.15) is 0 Å². The van der Waals surface area contributed by atoms with Crippen LogP contribution in [0.2, 0.25) is 0 Å². The van der Waals surface area contributed by atoms with Crippen LogP contribution in [0, 0.1) is 27.7 Å². The highest BCUT2D eigenvalue weighted by molar-refractivity contribution is 5.70. The number of hydrogen-bond acceptors (Lipinski definition) is 3. The molecule has 1 aliphatic heterocycles. The minimum Gasteiger partial charge on any atom is -0.492 e. The zero-order valence-corrected chi connectivity index (χ0v) is 16.5. The van der Waals surface area contributed by atoms with Gasteiger partial charge in [0.15, 0.2) is 0 Å². The minimum absolute atomic E-state index is 0.192. The minimum atomic E-state index is 0.192. The number of nitrogens with one attached hydrogen (secondary N) is 1. The Morgan fingerprint density at radius 1 is 0.963 bits per heavy atom. The van der Waals surface area contributed by atoms with E-state index < -0.39 is 0 Å². The smallest absolute Gasteiger partial charge is 0.126 e. The molecule has 2 heterocycles. The summed E-state index contributed by atoms with van der Waals surface area (Å²) >= 11 is 0. The first-order valence-electron chi connectivity index (χ1n) is 9.53. The van der Waals surface area contributed by atoms with Gasteiger partial charge in [0, 0.05) is 24.0 Å². The third-order valence-electron chi connectivity index (χ3n) is 5.65. The molecule has 1 N–H and O–H groups in total. The van der Waals surface area contributed by atoms with Crippen LogP contribution in [0.15, 0.2) is 48.7 Å². The summed E-state index contributed by atoms with van der Waals surface area (Å²) in [5, 5.41) is 3.67. The molecule has 0 bridgehead atoms. The van der Waals surface area contributed by atoms with Crippen molar-refractivity contribution in [1.82, 2.24) is 4.98 Å². The van der Waals surface area contributed by atoms with E-state index in [4.69, 9.17) is 4.74 Å². The van der Waals surface area contributed by atoms with Gasteiger partial charge in [0.25, 0.3) is 0 Å². The molecule has 0 radical (unpaired) electrons. The zero-order chi connectivity index (χ0) is 19.0. The van der Waals surface area contributed by atoms with Crippen LogP contribution in [0.25, 0.3) is 0 Å². The van der Waals surface area contributed by atoms with Crippen molar-refractivity contribution < 1.29 is 4.74 Å². The van der Waals surface area contributed by atoms with Gasteiger partial charge in [-0.15, -0.1) is 0 Å². The number of hydrogen-bond donors (Lipinski definition) is 1. The van der Waals surface area contributed by atoms with Crippen LogP contribution in [0.4, 0.5) is 5.69 Å². The van der Waals surface area contributed by atoms with Crippen LogP contribution in [0.3, 0.4) is 0 Å². The fraction of sp³-hybridized carbons (Fsp3) is 0.292. The summed E-state index contributed by atoms with van der Waals surface area (Å²) in [7, 11) is 0. The largest absolute Gasteiger partial charge is 0.492 e. The predicted molar refractivity (Wildman–Crippen MR) is 111 cm³/mol. The molecule has 2 aromatic carbocycles. The van der Waals surface area contributed by atoms with Gasteiger partial charge in [-0.25, -0.2) is 0 Å². The average Bonchev–Trinajstić information content (AvgIpc) is 3.13. The quantitative estimate of drug-likeness (QED) is 0.673. The van der Waals surface area contributed by atoms with E-state index in [2.05, 4.69) is 80.5 Å². The lowest BCUT2D eigenvalue weighted by Gasteiger charge is -2.20. The molecule has 0 fully saturated rings.